The van der Waals surface area contributed by atoms with E-state index in [9.17, 15) is 9.59 Å². The molecule has 0 aliphatic rings. The third kappa shape index (κ3) is 4.49. The number of hydrazone groups is 1. The van der Waals surface area contributed by atoms with Crippen LogP contribution in [0.2, 0.25) is 0 Å². The largest absolute Gasteiger partial charge is 0.462 e. The van der Waals surface area contributed by atoms with E-state index in [1.54, 1.807) is 56.3 Å². The monoisotopic (exact) mass is 366 g/mol. The summed E-state index contributed by atoms with van der Waals surface area (Å²) in [4.78, 5) is 23.5. The van der Waals surface area contributed by atoms with Gasteiger partial charge < -0.3 is 9.15 Å². The van der Waals surface area contributed by atoms with Crippen molar-refractivity contribution in [2.45, 2.75) is 13.8 Å². The number of nitrogens with one attached hydrogen (secondary N) is 2. The van der Waals surface area contributed by atoms with Crippen LogP contribution in [0, 0.1) is 6.92 Å². The Morgan fingerprint density at radius 3 is 2.70 bits per heavy atom. The van der Waals surface area contributed by atoms with Crippen LogP contribution in [0.25, 0.3) is 11.3 Å². The topological polar surface area (TPSA) is 110 Å². The van der Waals surface area contributed by atoms with Crippen LogP contribution in [0.3, 0.4) is 0 Å². The molecule has 2 N–H and O–H groups in total. The van der Waals surface area contributed by atoms with Crippen molar-refractivity contribution in [2.24, 2.45) is 5.10 Å². The molecule has 3 aromatic rings. The number of carbonyl (C=O) groups excluding carboxylic acids is 2. The van der Waals surface area contributed by atoms with Gasteiger partial charge in [0.25, 0.3) is 5.91 Å². The summed E-state index contributed by atoms with van der Waals surface area (Å²) in [5, 5.41) is 10.4. The number of rotatable bonds is 6. The van der Waals surface area contributed by atoms with Gasteiger partial charge in [-0.15, -0.1) is 0 Å². The molecule has 0 atom stereocenters. The lowest BCUT2D eigenvalue weighted by molar-refractivity contribution is 0.0526. The number of esters is 1. The zero-order chi connectivity index (χ0) is 19.2. The van der Waals surface area contributed by atoms with Crippen molar-refractivity contribution in [1.82, 2.24) is 15.6 Å². The Bertz CT molecular complexity index is 970. The fourth-order valence-corrected chi connectivity index (χ4v) is 2.31. The van der Waals surface area contributed by atoms with Gasteiger partial charge in [-0.25, -0.2) is 10.2 Å². The molecule has 138 valence electrons. The maximum Gasteiger partial charge on any atom is 0.338 e. The molecule has 1 aromatic carbocycles. The highest BCUT2D eigenvalue weighted by Gasteiger charge is 2.09. The predicted octanol–water partition coefficient (Wildman–Crippen LogP) is 2.92. The number of nitrogens with zero attached hydrogens (tertiary/aromatic N) is 2. The number of ether oxygens (including phenoxy) is 1. The number of carbonyl (C=O) groups is 2. The summed E-state index contributed by atoms with van der Waals surface area (Å²) in [7, 11) is 0. The van der Waals surface area contributed by atoms with Crippen molar-refractivity contribution in [3.8, 4) is 11.3 Å². The summed E-state index contributed by atoms with van der Waals surface area (Å²) in [5.41, 5.74) is 4.70. The van der Waals surface area contributed by atoms with E-state index < -0.39 is 5.91 Å². The van der Waals surface area contributed by atoms with E-state index in [2.05, 4.69) is 20.7 Å². The molecule has 0 bridgehead atoms. The lowest BCUT2D eigenvalue weighted by Crippen LogP contribution is -2.17. The quantitative estimate of drug-likeness (QED) is 0.396. The van der Waals surface area contributed by atoms with E-state index in [0.717, 1.165) is 11.3 Å². The number of amides is 1. The van der Waals surface area contributed by atoms with Gasteiger partial charge in [0, 0.05) is 11.3 Å². The van der Waals surface area contributed by atoms with Crippen LogP contribution in [0.15, 0.2) is 52.0 Å². The molecular formula is C19H18N4O4. The number of aromatic nitrogens is 2. The normalized spacial score (nSPS) is 10.9. The van der Waals surface area contributed by atoms with Gasteiger partial charge in [-0.2, -0.15) is 10.2 Å². The number of hydrogen-bond acceptors (Lipinski definition) is 6. The standard InChI is InChI=1S/C19H18N4O4/c1-3-26-19(25)14-6-4-13(5-7-14)17-9-8-15(27-17)11-20-23-18(24)16-10-12(2)21-22-16/h4-11H,3H2,1-2H3,(H,21,22)(H,23,24)/b20-11-. The fourth-order valence-electron chi connectivity index (χ4n) is 2.31. The fraction of sp³-hybridized carbons (Fsp3) is 0.158. The molecule has 0 fully saturated rings. The zero-order valence-corrected chi connectivity index (χ0v) is 14.9. The summed E-state index contributed by atoms with van der Waals surface area (Å²) in [6, 6.07) is 12.0. The summed E-state index contributed by atoms with van der Waals surface area (Å²) in [6.45, 7) is 3.89. The van der Waals surface area contributed by atoms with Crippen molar-refractivity contribution in [1.29, 1.82) is 0 Å². The lowest BCUT2D eigenvalue weighted by Gasteiger charge is -2.02. The van der Waals surface area contributed by atoms with E-state index in [1.165, 1.54) is 6.21 Å². The molecule has 3 rings (SSSR count). The minimum absolute atomic E-state index is 0.256. The van der Waals surface area contributed by atoms with Gasteiger partial charge in [0.15, 0.2) is 5.69 Å². The van der Waals surface area contributed by atoms with Gasteiger partial charge in [-0.1, -0.05) is 12.1 Å². The van der Waals surface area contributed by atoms with Crippen LogP contribution in [0.1, 0.15) is 39.2 Å². The second-order valence-corrected chi connectivity index (χ2v) is 5.64. The summed E-state index contributed by atoms with van der Waals surface area (Å²) < 4.78 is 10.6. The number of aryl methyl sites for hydroxylation is 1. The van der Waals surface area contributed by atoms with E-state index in [0.29, 0.717) is 23.7 Å². The van der Waals surface area contributed by atoms with Gasteiger partial charge >= 0.3 is 5.97 Å². The second-order valence-electron chi connectivity index (χ2n) is 5.64. The van der Waals surface area contributed by atoms with Gasteiger partial charge in [-0.05, 0) is 44.2 Å². The summed E-state index contributed by atoms with van der Waals surface area (Å²) >= 11 is 0. The zero-order valence-electron chi connectivity index (χ0n) is 14.9. The van der Waals surface area contributed by atoms with Gasteiger partial charge in [0.2, 0.25) is 0 Å². The molecule has 0 saturated heterocycles. The van der Waals surface area contributed by atoms with E-state index >= 15 is 0 Å². The Balaban J connectivity index is 1.62. The van der Waals surface area contributed by atoms with Crippen LogP contribution in [-0.2, 0) is 4.74 Å². The Morgan fingerprint density at radius 1 is 1.26 bits per heavy atom. The van der Waals surface area contributed by atoms with E-state index in [-0.39, 0.29) is 11.7 Å². The average molecular weight is 366 g/mol. The minimum Gasteiger partial charge on any atom is -0.462 e. The second kappa shape index (κ2) is 8.13. The minimum atomic E-state index is -0.420. The molecule has 8 heteroatoms. The highest BCUT2D eigenvalue weighted by atomic mass is 16.5. The molecule has 2 heterocycles. The first-order valence-electron chi connectivity index (χ1n) is 8.29. The molecule has 0 saturated carbocycles. The van der Waals surface area contributed by atoms with Crippen molar-refractivity contribution in [3.05, 3.63) is 65.2 Å². The number of H-pyrrole nitrogens is 1. The molecule has 2 aromatic heterocycles. The highest BCUT2D eigenvalue weighted by Crippen LogP contribution is 2.22. The van der Waals surface area contributed by atoms with Gasteiger partial charge in [0.1, 0.15) is 11.5 Å². The van der Waals surface area contributed by atoms with Crippen LogP contribution < -0.4 is 5.43 Å². The molecule has 27 heavy (non-hydrogen) atoms. The smallest absolute Gasteiger partial charge is 0.338 e. The molecule has 0 aliphatic heterocycles. The molecule has 0 spiro atoms. The lowest BCUT2D eigenvalue weighted by atomic mass is 10.1. The molecule has 1 amide bonds. The SMILES string of the molecule is CCOC(=O)c1ccc(-c2ccc(/C=N\NC(=O)c3cc(C)[nH]n3)o2)cc1. The highest BCUT2D eigenvalue weighted by molar-refractivity contribution is 5.93. The maximum absolute atomic E-state index is 11.8. The average Bonchev–Trinajstić information content (AvgIpc) is 3.31. The first-order chi connectivity index (χ1) is 13.1. The molecular weight excluding hydrogens is 348 g/mol. The van der Waals surface area contributed by atoms with Crippen LogP contribution in [-0.4, -0.2) is 34.9 Å². The molecule has 0 radical (unpaired) electrons. The number of hydrogen-bond donors (Lipinski definition) is 2. The van der Waals surface area contributed by atoms with Crippen LogP contribution in [0.4, 0.5) is 0 Å². The predicted molar refractivity (Wildman–Crippen MR) is 98.5 cm³/mol. The molecule has 0 unspecified atom stereocenters. The Labute approximate surface area is 155 Å². The number of furan rings is 1. The maximum atomic E-state index is 11.8. The Hall–Kier alpha value is -3.68. The number of aromatic amines is 1. The summed E-state index contributed by atoms with van der Waals surface area (Å²) in [6.07, 6.45) is 1.40. The third-order valence-corrected chi connectivity index (χ3v) is 3.60. The number of benzene rings is 1. The summed E-state index contributed by atoms with van der Waals surface area (Å²) in [5.74, 6) is 0.301. The van der Waals surface area contributed by atoms with Gasteiger partial charge in [0.05, 0.1) is 18.4 Å². The van der Waals surface area contributed by atoms with Crippen LogP contribution in [0.5, 0.6) is 0 Å². The van der Waals surface area contributed by atoms with E-state index in [1.807, 2.05) is 0 Å². The van der Waals surface area contributed by atoms with Crippen LogP contribution >= 0.6 is 0 Å². The first-order valence-corrected chi connectivity index (χ1v) is 8.29. The first kappa shape index (κ1) is 18.1. The van der Waals surface area contributed by atoms with E-state index in [4.69, 9.17) is 9.15 Å². The Morgan fingerprint density at radius 2 is 2.04 bits per heavy atom. The van der Waals surface area contributed by atoms with Crippen molar-refractivity contribution in [3.63, 3.8) is 0 Å². The molecule has 8 nitrogen and oxygen atoms in total. The third-order valence-electron chi connectivity index (χ3n) is 3.60. The van der Waals surface area contributed by atoms with Crippen molar-refractivity contribution < 1.29 is 18.7 Å². The Kier molecular flexibility index (Phi) is 5.46. The van der Waals surface area contributed by atoms with Crippen molar-refractivity contribution >= 4 is 18.1 Å². The van der Waals surface area contributed by atoms with Gasteiger partial charge in [-0.3, -0.25) is 9.89 Å². The van der Waals surface area contributed by atoms with Crippen molar-refractivity contribution in [2.75, 3.05) is 6.61 Å². The molecule has 0 aliphatic carbocycles.